The Labute approximate surface area is 117 Å². The maximum absolute atomic E-state index is 11.6. The standard InChI is InChI=1S/C9H12N2O8P2/c12-9(20(14,15)16,21(17,18)19)5-7-6-11(13)8-3-1-2-4-10(7)8/h1-4,6,12H,5H2,(H2,14,15,16)(H2,17,18,19). The van der Waals surface area contributed by atoms with E-state index in [1.165, 1.54) is 28.8 Å². The predicted octanol–water partition coefficient (Wildman–Crippen LogP) is -0.883. The van der Waals surface area contributed by atoms with Crippen LogP contribution < -0.4 is 4.73 Å². The molecule has 2 heterocycles. The average Bonchev–Trinajstić information content (AvgIpc) is 2.64. The largest absolute Gasteiger partial charge is 0.710 e. The van der Waals surface area contributed by atoms with Crippen molar-refractivity contribution in [1.29, 1.82) is 0 Å². The van der Waals surface area contributed by atoms with Crippen LogP contribution in [0.15, 0.2) is 30.6 Å². The Bertz CT molecular complexity index is 753. The zero-order valence-corrected chi connectivity index (χ0v) is 12.1. The molecule has 0 amide bonds. The SMILES string of the molecule is O=P(O)(O)C(O)(Cc1c[n+]([O-])c2ccccn12)P(=O)(O)O. The fourth-order valence-corrected chi connectivity index (χ4v) is 3.96. The van der Waals surface area contributed by atoms with Crippen LogP contribution in [-0.2, 0) is 15.6 Å². The average molecular weight is 338 g/mol. The van der Waals surface area contributed by atoms with Crippen LogP contribution >= 0.6 is 15.2 Å². The van der Waals surface area contributed by atoms with E-state index in [-0.39, 0.29) is 11.3 Å². The molecule has 0 aromatic carbocycles. The van der Waals surface area contributed by atoms with Crippen molar-refractivity contribution < 1.29 is 38.5 Å². The molecule has 5 N–H and O–H groups in total. The topological polar surface area (TPSA) is 167 Å². The van der Waals surface area contributed by atoms with Gasteiger partial charge in [0.15, 0.2) is 5.69 Å². The van der Waals surface area contributed by atoms with Gasteiger partial charge in [0, 0.05) is 6.07 Å². The number of rotatable bonds is 4. The van der Waals surface area contributed by atoms with E-state index in [2.05, 4.69) is 0 Å². The van der Waals surface area contributed by atoms with Crippen LogP contribution in [0.5, 0.6) is 0 Å². The van der Waals surface area contributed by atoms with Gasteiger partial charge in [0.25, 0.3) is 10.7 Å². The molecule has 10 nitrogen and oxygen atoms in total. The third-order valence-corrected chi connectivity index (χ3v) is 6.74. The van der Waals surface area contributed by atoms with Crippen LogP contribution in [0.1, 0.15) is 5.69 Å². The normalized spacial score (nSPS) is 13.8. The summed E-state index contributed by atoms with van der Waals surface area (Å²) in [5.74, 6) is 0. The Hall–Kier alpha value is -1.25. The molecule has 0 bridgehead atoms. The van der Waals surface area contributed by atoms with E-state index in [1.807, 2.05) is 0 Å². The summed E-state index contributed by atoms with van der Waals surface area (Å²) in [6.07, 6.45) is 1.15. The minimum atomic E-state index is -5.58. The fourth-order valence-electron chi connectivity index (χ4n) is 1.87. The van der Waals surface area contributed by atoms with Crippen molar-refractivity contribution in [3.8, 4) is 0 Å². The molecule has 0 aliphatic carbocycles. The molecule has 2 aromatic rings. The van der Waals surface area contributed by atoms with E-state index in [9.17, 15) is 19.4 Å². The van der Waals surface area contributed by atoms with Gasteiger partial charge in [0.1, 0.15) is 6.20 Å². The Balaban J connectivity index is 2.61. The summed E-state index contributed by atoms with van der Waals surface area (Å²) < 4.78 is 24.1. The molecular formula is C9H12N2O8P2. The van der Waals surface area contributed by atoms with Crippen molar-refractivity contribution >= 4 is 20.8 Å². The summed E-state index contributed by atoms with van der Waals surface area (Å²) in [4.78, 5) is 36.3. The third-order valence-electron chi connectivity index (χ3n) is 2.99. The Kier molecular flexibility index (Phi) is 3.76. The number of hydrogen-bond acceptors (Lipinski definition) is 4. The predicted molar refractivity (Wildman–Crippen MR) is 69.1 cm³/mol. The molecule has 2 rings (SSSR count). The van der Waals surface area contributed by atoms with Gasteiger partial charge in [0.2, 0.25) is 0 Å². The summed E-state index contributed by atoms with van der Waals surface area (Å²) in [5.41, 5.74) is -0.0824. The molecule has 0 radical (unpaired) electrons. The maximum Gasteiger partial charge on any atom is 0.369 e. The lowest BCUT2D eigenvalue weighted by Crippen LogP contribution is -2.32. The zero-order chi connectivity index (χ0) is 16.1. The van der Waals surface area contributed by atoms with E-state index < -0.39 is 26.7 Å². The fraction of sp³-hybridized carbons (Fsp3) is 0.222. The summed E-state index contributed by atoms with van der Waals surface area (Å²) in [5, 5.41) is 17.9. The smallest absolute Gasteiger partial charge is 0.369 e. The van der Waals surface area contributed by atoms with Crippen molar-refractivity contribution in [2.75, 3.05) is 0 Å². The van der Waals surface area contributed by atoms with Crippen LogP contribution in [0.4, 0.5) is 0 Å². The van der Waals surface area contributed by atoms with Crippen molar-refractivity contribution in [2.45, 2.75) is 11.5 Å². The van der Waals surface area contributed by atoms with Gasteiger partial charge in [-0.25, -0.2) is 4.73 Å². The number of imidazole rings is 1. The van der Waals surface area contributed by atoms with E-state index in [0.29, 0.717) is 4.73 Å². The minimum Gasteiger partial charge on any atom is -0.710 e. The second-order valence-corrected chi connectivity index (χ2v) is 8.42. The van der Waals surface area contributed by atoms with E-state index >= 15 is 0 Å². The lowest BCUT2D eigenvalue weighted by Gasteiger charge is -2.27. The molecule has 21 heavy (non-hydrogen) atoms. The summed E-state index contributed by atoms with van der Waals surface area (Å²) >= 11 is 0. The number of aliphatic hydroxyl groups is 1. The minimum absolute atomic E-state index is 0.0753. The first-order chi connectivity index (χ1) is 9.47. The first-order valence-electron chi connectivity index (χ1n) is 5.49. The highest BCUT2D eigenvalue weighted by atomic mass is 31.2. The molecule has 0 fully saturated rings. The van der Waals surface area contributed by atoms with Crippen LogP contribution in [0.3, 0.4) is 0 Å². The highest BCUT2D eigenvalue weighted by Crippen LogP contribution is 2.68. The van der Waals surface area contributed by atoms with Gasteiger partial charge in [-0.3, -0.25) is 9.13 Å². The van der Waals surface area contributed by atoms with Gasteiger partial charge < -0.3 is 29.9 Å². The molecule has 0 unspecified atom stereocenters. The molecule has 12 heteroatoms. The van der Waals surface area contributed by atoms with Crippen molar-refractivity contribution in [1.82, 2.24) is 4.40 Å². The molecule has 0 spiro atoms. The second-order valence-electron chi connectivity index (χ2n) is 4.41. The molecule has 2 aromatic heterocycles. The first-order valence-corrected chi connectivity index (χ1v) is 8.71. The lowest BCUT2D eigenvalue weighted by atomic mass is 10.3. The van der Waals surface area contributed by atoms with Crippen LogP contribution in [0.25, 0.3) is 5.65 Å². The second kappa shape index (κ2) is 4.89. The summed E-state index contributed by atoms with van der Waals surface area (Å²) in [6, 6.07) is 4.43. The van der Waals surface area contributed by atoms with E-state index in [1.54, 1.807) is 0 Å². The van der Waals surface area contributed by atoms with Crippen LogP contribution in [-0.4, -0.2) is 34.2 Å². The van der Waals surface area contributed by atoms with Crippen molar-refractivity contribution in [3.05, 3.63) is 41.5 Å². The molecule has 0 saturated carbocycles. The van der Waals surface area contributed by atoms with E-state index in [0.717, 1.165) is 6.20 Å². The maximum atomic E-state index is 11.6. The van der Waals surface area contributed by atoms with Gasteiger partial charge in [-0.1, -0.05) is 6.07 Å². The van der Waals surface area contributed by atoms with Gasteiger partial charge in [-0.2, -0.15) is 4.40 Å². The highest BCUT2D eigenvalue weighted by Gasteiger charge is 2.60. The number of nitrogens with zero attached hydrogens (tertiary/aromatic N) is 2. The highest BCUT2D eigenvalue weighted by molar-refractivity contribution is 7.72. The summed E-state index contributed by atoms with van der Waals surface area (Å²) in [7, 11) is -11.2. The van der Waals surface area contributed by atoms with Crippen LogP contribution in [0, 0.1) is 5.21 Å². The quantitative estimate of drug-likeness (QED) is 0.272. The summed E-state index contributed by atoms with van der Waals surface area (Å²) in [6.45, 7) is 0. The number of pyridine rings is 1. The molecular weight excluding hydrogens is 326 g/mol. The Morgan fingerprint density at radius 1 is 1.19 bits per heavy atom. The molecule has 0 saturated heterocycles. The molecule has 0 atom stereocenters. The van der Waals surface area contributed by atoms with Gasteiger partial charge in [-0.15, -0.1) is 0 Å². The lowest BCUT2D eigenvalue weighted by molar-refractivity contribution is -0.576. The van der Waals surface area contributed by atoms with Gasteiger partial charge >= 0.3 is 15.2 Å². The Morgan fingerprint density at radius 3 is 2.29 bits per heavy atom. The Morgan fingerprint density at radius 2 is 1.76 bits per heavy atom. The van der Waals surface area contributed by atoms with Gasteiger partial charge in [0.05, 0.1) is 12.6 Å². The van der Waals surface area contributed by atoms with Crippen molar-refractivity contribution in [2.24, 2.45) is 0 Å². The number of fused-ring (bicyclic) bond motifs is 1. The number of aromatic nitrogens is 2. The molecule has 0 aliphatic rings. The van der Waals surface area contributed by atoms with Crippen LogP contribution in [0.2, 0.25) is 0 Å². The monoisotopic (exact) mass is 338 g/mol. The number of hydrogen-bond donors (Lipinski definition) is 5. The zero-order valence-electron chi connectivity index (χ0n) is 10.3. The first kappa shape index (κ1) is 16.1. The van der Waals surface area contributed by atoms with Gasteiger partial charge in [-0.05, 0) is 6.07 Å². The molecule has 116 valence electrons. The van der Waals surface area contributed by atoms with Crippen molar-refractivity contribution in [3.63, 3.8) is 0 Å². The van der Waals surface area contributed by atoms with E-state index in [4.69, 9.17) is 19.6 Å². The molecule has 0 aliphatic heterocycles. The third kappa shape index (κ3) is 2.63.